The fraction of sp³-hybridized carbons (Fsp3) is 0.500. The molecule has 0 aromatic carbocycles. The van der Waals surface area contributed by atoms with E-state index in [0.29, 0.717) is 17.2 Å². The van der Waals surface area contributed by atoms with Gasteiger partial charge in [0.2, 0.25) is 0 Å². The van der Waals surface area contributed by atoms with Crippen molar-refractivity contribution in [1.29, 1.82) is 0 Å². The number of halogens is 1. The quantitative estimate of drug-likeness (QED) is 0.730. The Bertz CT molecular complexity index is 499. The Morgan fingerprint density at radius 1 is 1.53 bits per heavy atom. The van der Waals surface area contributed by atoms with E-state index in [0.717, 1.165) is 12.0 Å². The van der Waals surface area contributed by atoms with Gasteiger partial charge in [-0.25, -0.2) is 9.98 Å². The van der Waals surface area contributed by atoms with Crippen LogP contribution in [0.2, 0.25) is 0 Å². The molecule has 0 aliphatic carbocycles. The molecule has 1 aliphatic heterocycles. The Labute approximate surface area is 119 Å². The summed E-state index contributed by atoms with van der Waals surface area (Å²) >= 11 is 5.79. The van der Waals surface area contributed by atoms with Crippen LogP contribution in [0, 0.1) is 0 Å². The maximum Gasteiger partial charge on any atom is 0.273 e. The maximum absolute atomic E-state index is 12.3. The van der Waals surface area contributed by atoms with Crippen molar-refractivity contribution in [1.82, 2.24) is 4.90 Å². The number of rotatable bonds is 3. The SMILES string of the molecule is C=C(Cl)/N=C1\C(=C(C)C)N=C(C)C(=O)N1[C@H](C)CC. The second kappa shape index (κ2) is 6.15. The summed E-state index contributed by atoms with van der Waals surface area (Å²) in [5.74, 6) is 0.362. The predicted molar refractivity (Wildman–Crippen MR) is 80.5 cm³/mol. The van der Waals surface area contributed by atoms with Gasteiger partial charge in [0.1, 0.15) is 16.6 Å². The molecule has 1 aliphatic rings. The number of hydrogen-bond donors (Lipinski definition) is 0. The third-order valence-electron chi connectivity index (χ3n) is 2.98. The van der Waals surface area contributed by atoms with Crippen molar-refractivity contribution in [2.75, 3.05) is 0 Å². The van der Waals surface area contributed by atoms with Gasteiger partial charge >= 0.3 is 0 Å². The van der Waals surface area contributed by atoms with Crippen LogP contribution >= 0.6 is 11.6 Å². The lowest BCUT2D eigenvalue weighted by molar-refractivity contribution is -0.122. The van der Waals surface area contributed by atoms with Crippen molar-refractivity contribution in [2.24, 2.45) is 9.98 Å². The summed E-state index contributed by atoms with van der Waals surface area (Å²) in [6.45, 7) is 13.2. The highest BCUT2D eigenvalue weighted by atomic mass is 35.5. The van der Waals surface area contributed by atoms with Crippen molar-refractivity contribution in [3.05, 3.63) is 23.0 Å². The average Bonchev–Trinajstić information content (AvgIpc) is 2.32. The zero-order chi connectivity index (χ0) is 14.7. The molecule has 0 spiro atoms. The predicted octanol–water partition coefficient (Wildman–Crippen LogP) is 3.49. The van der Waals surface area contributed by atoms with Crippen molar-refractivity contribution >= 4 is 29.1 Å². The summed E-state index contributed by atoms with van der Waals surface area (Å²) in [5.41, 5.74) is 2.15. The molecule has 5 heteroatoms. The van der Waals surface area contributed by atoms with Crippen LogP contribution in [0.4, 0.5) is 0 Å². The van der Waals surface area contributed by atoms with Crippen molar-refractivity contribution in [3.8, 4) is 0 Å². The van der Waals surface area contributed by atoms with Gasteiger partial charge in [-0.2, -0.15) is 0 Å². The summed E-state index contributed by atoms with van der Waals surface area (Å²) < 4.78 is 0. The monoisotopic (exact) mass is 281 g/mol. The lowest BCUT2D eigenvalue weighted by atomic mass is 10.1. The van der Waals surface area contributed by atoms with Crippen molar-refractivity contribution in [3.63, 3.8) is 0 Å². The van der Waals surface area contributed by atoms with Crippen LogP contribution in [0.1, 0.15) is 41.0 Å². The number of amidine groups is 1. The van der Waals surface area contributed by atoms with Gasteiger partial charge in [0, 0.05) is 6.04 Å². The van der Waals surface area contributed by atoms with Crippen LogP contribution < -0.4 is 0 Å². The first-order valence-electron chi connectivity index (χ1n) is 6.29. The first-order valence-corrected chi connectivity index (χ1v) is 6.67. The first kappa shape index (κ1) is 15.6. The molecule has 0 radical (unpaired) electrons. The summed E-state index contributed by atoms with van der Waals surface area (Å²) in [5, 5.41) is 0.143. The molecule has 0 saturated carbocycles. The minimum Gasteiger partial charge on any atom is -0.287 e. The highest BCUT2D eigenvalue weighted by Crippen LogP contribution is 2.22. The number of hydrogen-bond acceptors (Lipinski definition) is 3. The van der Waals surface area contributed by atoms with Crippen molar-refractivity contribution in [2.45, 2.75) is 47.1 Å². The molecule has 1 amide bonds. The number of aliphatic imine (C=N–C) groups is 2. The van der Waals surface area contributed by atoms with Gasteiger partial charge in [-0.05, 0) is 39.7 Å². The molecule has 1 atom stereocenters. The van der Waals surface area contributed by atoms with Crippen LogP contribution in [0.3, 0.4) is 0 Å². The zero-order valence-electron chi connectivity index (χ0n) is 12.1. The minimum atomic E-state index is -0.129. The lowest BCUT2D eigenvalue weighted by Crippen LogP contribution is -2.49. The van der Waals surface area contributed by atoms with Gasteiger partial charge in [0.25, 0.3) is 5.91 Å². The molecule has 0 saturated heterocycles. The zero-order valence-corrected chi connectivity index (χ0v) is 12.9. The van der Waals surface area contributed by atoms with E-state index in [-0.39, 0.29) is 17.1 Å². The molecular formula is C14H20ClN3O. The van der Waals surface area contributed by atoms with Gasteiger partial charge in [0.15, 0.2) is 5.84 Å². The molecule has 4 nitrogen and oxygen atoms in total. The van der Waals surface area contributed by atoms with E-state index in [4.69, 9.17) is 11.6 Å². The van der Waals surface area contributed by atoms with Gasteiger partial charge < -0.3 is 0 Å². The topological polar surface area (TPSA) is 45.0 Å². The largest absolute Gasteiger partial charge is 0.287 e. The second-order valence-electron chi connectivity index (χ2n) is 4.79. The third kappa shape index (κ3) is 3.32. The highest BCUT2D eigenvalue weighted by Gasteiger charge is 2.33. The number of amides is 1. The molecule has 1 heterocycles. The van der Waals surface area contributed by atoms with Crippen LogP contribution in [0.15, 0.2) is 33.0 Å². The normalized spacial score (nSPS) is 19.6. The molecule has 0 fully saturated rings. The van der Waals surface area contributed by atoms with E-state index in [1.165, 1.54) is 0 Å². The van der Waals surface area contributed by atoms with Crippen LogP contribution in [0.25, 0.3) is 0 Å². The molecule has 0 unspecified atom stereocenters. The molecular weight excluding hydrogens is 262 g/mol. The fourth-order valence-corrected chi connectivity index (χ4v) is 1.88. The summed E-state index contributed by atoms with van der Waals surface area (Å²) in [4.78, 5) is 22.5. The molecule has 1 rings (SSSR count). The average molecular weight is 282 g/mol. The highest BCUT2D eigenvalue weighted by molar-refractivity contribution is 6.44. The smallest absolute Gasteiger partial charge is 0.273 e. The summed E-state index contributed by atoms with van der Waals surface area (Å²) in [6.07, 6.45) is 0.822. The number of nitrogens with zero attached hydrogens (tertiary/aromatic N) is 3. The Hall–Kier alpha value is -1.42. The lowest BCUT2D eigenvalue weighted by Gasteiger charge is -2.33. The van der Waals surface area contributed by atoms with E-state index < -0.39 is 0 Å². The number of carbonyl (C=O) groups excluding carboxylic acids is 1. The Morgan fingerprint density at radius 3 is 2.53 bits per heavy atom. The Morgan fingerprint density at radius 2 is 2.11 bits per heavy atom. The summed E-state index contributed by atoms with van der Waals surface area (Å²) in [7, 11) is 0. The number of carbonyl (C=O) groups is 1. The molecule has 0 aromatic rings. The third-order valence-corrected chi connectivity index (χ3v) is 3.06. The van der Waals surface area contributed by atoms with Gasteiger partial charge in [-0.15, -0.1) is 0 Å². The molecule has 0 bridgehead atoms. The van der Waals surface area contributed by atoms with Crippen molar-refractivity contribution < 1.29 is 4.79 Å². The number of allylic oxidation sites excluding steroid dienone is 1. The van der Waals surface area contributed by atoms with Gasteiger partial charge in [-0.3, -0.25) is 9.69 Å². The fourth-order valence-electron chi connectivity index (χ4n) is 1.80. The van der Waals surface area contributed by atoms with E-state index in [2.05, 4.69) is 16.6 Å². The molecule has 19 heavy (non-hydrogen) atoms. The van der Waals surface area contributed by atoms with E-state index >= 15 is 0 Å². The van der Waals surface area contributed by atoms with Gasteiger partial charge in [0.05, 0.1) is 0 Å². The Balaban J connectivity index is 3.50. The molecule has 0 aromatic heterocycles. The van der Waals surface area contributed by atoms with E-state index in [9.17, 15) is 4.79 Å². The van der Waals surface area contributed by atoms with Crippen LogP contribution in [0.5, 0.6) is 0 Å². The van der Waals surface area contributed by atoms with Gasteiger partial charge in [-0.1, -0.05) is 25.1 Å². The Kier molecular flexibility index (Phi) is 5.06. The van der Waals surface area contributed by atoms with E-state index in [1.807, 2.05) is 27.7 Å². The standard InChI is InChI=1S/C14H20ClN3O/c1-7-9(4)18-13(17-11(6)15)12(8(2)3)16-10(5)14(18)19/h9H,6-7H2,1-5H3/b17-13+/t9-/m1/s1. The second-order valence-corrected chi connectivity index (χ2v) is 5.23. The first-order chi connectivity index (χ1) is 8.79. The maximum atomic E-state index is 12.3. The molecule has 0 N–H and O–H groups in total. The molecule has 104 valence electrons. The van der Waals surface area contributed by atoms with Crippen LogP contribution in [-0.4, -0.2) is 28.4 Å². The van der Waals surface area contributed by atoms with E-state index in [1.54, 1.807) is 11.8 Å². The minimum absolute atomic E-state index is 0.0297. The summed E-state index contributed by atoms with van der Waals surface area (Å²) in [6, 6.07) is 0.0297. The van der Waals surface area contributed by atoms with Crippen LogP contribution in [-0.2, 0) is 4.79 Å².